The van der Waals surface area contributed by atoms with E-state index in [2.05, 4.69) is 26.1 Å². The molecule has 0 spiro atoms. The van der Waals surface area contributed by atoms with Crippen molar-refractivity contribution in [2.75, 3.05) is 6.54 Å². The first-order valence-electron chi connectivity index (χ1n) is 7.49. The van der Waals surface area contributed by atoms with E-state index < -0.39 is 6.04 Å². The van der Waals surface area contributed by atoms with Crippen molar-refractivity contribution >= 4 is 11.8 Å². The van der Waals surface area contributed by atoms with Crippen LogP contribution in [0.4, 0.5) is 0 Å². The zero-order valence-electron chi connectivity index (χ0n) is 13.2. The molecule has 114 valence electrons. The van der Waals surface area contributed by atoms with Gasteiger partial charge in [-0.25, -0.2) is 0 Å². The Labute approximate surface area is 126 Å². The molecule has 1 fully saturated rings. The number of benzene rings is 1. The molecule has 1 aliphatic rings. The van der Waals surface area contributed by atoms with Crippen LogP contribution in [0.25, 0.3) is 0 Å². The van der Waals surface area contributed by atoms with E-state index in [1.165, 1.54) is 0 Å². The summed E-state index contributed by atoms with van der Waals surface area (Å²) in [7, 11) is 0. The lowest BCUT2D eigenvalue weighted by Crippen LogP contribution is -2.60. The van der Waals surface area contributed by atoms with Gasteiger partial charge in [-0.2, -0.15) is 0 Å². The minimum atomic E-state index is -0.566. The highest BCUT2D eigenvalue weighted by atomic mass is 16.2. The number of piperazine rings is 1. The molecule has 1 aromatic rings. The van der Waals surface area contributed by atoms with Crippen LogP contribution in [0.1, 0.15) is 45.7 Å². The molecule has 2 rings (SSSR count). The molecule has 1 aliphatic heterocycles. The summed E-state index contributed by atoms with van der Waals surface area (Å²) in [6, 6.07) is 8.50. The van der Waals surface area contributed by atoms with Crippen LogP contribution in [0.5, 0.6) is 0 Å². The number of carbonyl (C=O) groups excluding carboxylic acids is 2. The van der Waals surface area contributed by atoms with Crippen LogP contribution < -0.4 is 5.32 Å². The summed E-state index contributed by atoms with van der Waals surface area (Å²) in [6.45, 7) is 8.77. The molecule has 0 radical (unpaired) electrons. The lowest BCUT2D eigenvalue weighted by atomic mass is 9.92. The highest BCUT2D eigenvalue weighted by Gasteiger charge is 2.41. The van der Waals surface area contributed by atoms with Gasteiger partial charge in [0.2, 0.25) is 5.91 Å². The summed E-state index contributed by atoms with van der Waals surface area (Å²) < 4.78 is 0. The number of nitrogens with zero attached hydrogens (tertiary/aromatic N) is 1. The summed E-state index contributed by atoms with van der Waals surface area (Å²) in [4.78, 5) is 26.9. The summed E-state index contributed by atoms with van der Waals surface area (Å²) >= 11 is 0. The molecule has 4 heteroatoms. The molecule has 2 amide bonds. The van der Waals surface area contributed by atoms with Crippen LogP contribution in [0.2, 0.25) is 0 Å². The molecular weight excluding hydrogens is 264 g/mol. The van der Waals surface area contributed by atoms with E-state index in [0.29, 0.717) is 13.0 Å². The smallest absolute Gasteiger partial charge is 0.250 e. The van der Waals surface area contributed by atoms with Crippen molar-refractivity contribution in [3.63, 3.8) is 0 Å². The van der Waals surface area contributed by atoms with Gasteiger partial charge in [-0.1, -0.05) is 58.0 Å². The highest BCUT2D eigenvalue weighted by Crippen LogP contribution is 2.27. The predicted molar refractivity (Wildman–Crippen MR) is 82.6 cm³/mol. The van der Waals surface area contributed by atoms with Crippen LogP contribution in [0.15, 0.2) is 30.3 Å². The maximum Gasteiger partial charge on any atom is 0.250 e. The fourth-order valence-corrected chi connectivity index (χ4v) is 2.74. The molecule has 1 N–H and O–H groups in total. The lowest BCUT2D eigenvalue weighted by Gasteiger charge is -2.41. The van der Waals surface area contributed by atoms with Crippen LogP contribution in [0, 0.1) is 5.41 Å². The summed E-state index contributed by atoms with van der Waals surface area (Å²) in [6.07, 6.45) is 0.634. The van der Waals surface area contributed by atoms with Gasteiger partial charge in [0.1, 0.15) is 12.1 Å². The first kappa shape index (κ1) is 15.5. The molecule has 1 saturated heterocycles. The Morgan fingerprint density at radius 2 is 1.76 bits per heavy atom. The molecule has 1 aromatic carbocycles. The van der Waals surface area contributed by atoms with E-state index in [1.54, 1.807) is 4.90 Å². The van der Waals surface area contributed by atoms with E-state index >= 15 is 0 Å². The van der Waals surface area contributed by atoms with Crippen molar-refractivity contribution in [1.82, 2.24) is 10.2 Å². The van der Waals surface area contributed by atoms with Crippen molar-refractivity contribution in [2.45, 2.75) is 46.2 Å². The average molecular weight is 288 g/mol. The van der Waals surface area contributed by atoms with Gasteiger partial charge in [-0.05, 0) is 17.4 Å². The Morgan fingerprint density at radius 3 is 2.29 bits per heavy atom. The second-order valence-electron chi connectivity index (χ2n) is 6.80. The number of carbonyl (C=O) groups is 2. The highest BCUT2D eigenvalue weighted by molar-refractivity contribution is 5.97. The maximum absolute atomic E-state index is 12.8. The van der Waals surface area contributed by atoms with Gasteiger partial charge in [0.05, 0.1) is 0 Å². The SMILES string of the molecule is CCC1C(=O)NC(c2ccccc2)C(=O)N1CC(C)(C)C. The van der Waals surface area contributed by atoms with Gasteiger partial charge in [-0.3, -0.25) is 9.59 Å². The fourth-order valence-electron chi connectivity index (χ4n) is 2.74. The van der Waals surface area contributed by atoms with Gasteiger partial charge in [0.15, 0.2) is 0 Å². The summed E-state index contributed by atoms with van der Waals surface area (Å²) in [5, 5.41) is 2.87. The normalized spacial score (nSPS) is 23.1. The fraction of sp³-hybridized carbons (Fsp3) is 0.529. The van der Waals surface area contributed by atoms with Crippen molar-refractivity contribution in [3.8, 4) is 0 Å². The number of nitrogens with one attached hydrogen (secondary N) is 1. The van der Waals surface area contributed by atoms with E-state index in [4.69, 9.17) is 0 Å². The second-order valence-corrected chi connectivity index (χ2v) is 6.80. The lowest BCUT2D eigenvalue weighted by molar-refractivity contribution is -0.151. The molecule has 1 heterocycles. The van der Waals surface area contributed by atoms with Crippen LogP contribution >= 0.6 is 0 Å². The maximum atomic E-state index is 12.8. The number of amides is 2. The average Bonchev–Trinajstić information content (AvgIpc) is 2.42. The van der Waals surface area contributed by atoms with Crippen LogP contribution in [0.3, 0.4) is 0 Å². The molecule has 0 aromatic heterocycles. The Hall–Kier alpha value is -1.84. The zero-order chi connectivity index (χ0) is 15.6. The number of rotatable bonds is 3. The minimum Gasteiger partial charge on any atom is -0.339 e. The molecule has 0 bridgehead atoms. The molecule has 0 aliphatic carbocycles. The largest absolute Gasteiger partial charge is 0.339 e. The van der Waals surface area contributed by atoms with Crippen molar-refractivity contribution < 1.29 is 9.59 Å². The first-order chi connectivity index (χ1) is 9.83. The third kappa shape index (κ3) is 3.43. The predicted octanol–water partition coefficient (Wildman–Crippen LogP) is 2.51. The van der Waals surface area contributed by atoms with Crippen molar-refractivity contribution in [3.05, 3.63) is 35.9 Å². The van der Waals surface area contributed by atoms with Gasteiger partial charge in [-0.15, -0.1) is 0 Å². The molecule has 2 atom stereocenters. The summed E-state index contributed by atoms with van der Waals surface area (Å²) in [5.41, 5.74) is 0.798. The van der Waals surface area contributed by atoms with Gasteiger partial charge < -0.3 is 10.2 Å². The van der Waals surface area contributed by atoms with Crippen molar-refractivity contribution in [2.24, 2.45) is 5.41 Å². The topological polar surface area (TPSA) is 49.4 Å². The Bertz CT molecular complexity index is 519. The quantitative estimate of drug-likeness (QED) is 0.929. The molecule has 21 heavy (non-hydrogen) atoms. The first-order valence-corrected chi connectivity index (χ1v) is 7.49. The zero-order valence-corrected chi connectivity index (χ0v) is 13.2. The third-order valence-corrected chi connectivity index (χ3v) is 3.66. The molecule has 4 nitrogen and oxygen atoms in total. The second kappa shape index (κ2) is 5.88. The Balaban J connectivity index is 2.32. The molecule has 0 saturated carbocycles. The number of hydrogen-bond donors (Lipinski definition) is 1. The third-order valence-electron chi connectivity index (χ3n) is 3.66. The van der Waals surface area contributed by atoms with E-state index in [9.17, 15) is 9.59 Å². The van der Waals surface area contributed by atoms with E-state index in [1.807, 2.05) is 37.3 Å². The van der Waals surface area contributed by atoms with Gasteiger partial charge in [0.25, 0.3) is 5.91 Å². The van der Waals surface area contributed by atoms with Crippen LogP contribution in [-0.4, -0.2) is 29.3 Å². The standard InChI is InChI=1S/C17H24N2O2/c1-5-13-15(20)18-14(12-9-7-6-8-10-12)16(21)19(13)11-17(2,3)4/h6-10,13-14H,5,11H2,1-4H3,(H,18,20). The summed E-state index contributed by atoms with van der Waals surface area (Å²) in [5.74, 6) is -0.0715. The Morgan fingerprint density at radius 1 is 1.14 bits per heavy atom. The van der Waals surface area contributed by atoms with Crippen LogP contribution in [-0.2, 0) is 9.59 Å². The Kier molecular flexibility index (Phi) is 4.35. The molecule has 2 unspecified atom stereocenters. The van der Waals surface area contributed by atoms with E-state index in [-0.39, 0.29) is 23.3 Å². The van der Waals surface area contributed by atoms with E-state index in [0.717, 1.165) is 5.56 Å². The van der Waals surface area contributed by atoms with Crippen molar-refractivity contribution in [1.29, 1.82) is 0 Å². The monoisotopic (exact) mass is 288 g/mol. The van der Waals surface area contributed by atoms with Gasteiger partial charge >= 0.3 is 0 Å². The molecular formula is C17H24N2O2. The minimum absolute atomic E-state index is 0.0115. The number of hydrogen-bond acceptors (Lipinski definition) is 2. The van der Waals surface area contributed by atoms with Gasteiger partial charge in [0, 0.05) is 6.54 Å².